The summed E-state index contributed by atoms with van der Waals surface area (Å²) < 4.78 is 5.53. The summed E-state index contributed by atoms with van der Waals surface area (Å²) in [5.74, 6) is 0.582. The number of likely N-dealkylation sites (N-methyl/N-ethyl adjacent to an activating group) is 1. The van der Waals surface area contributed by atoms with Crippen LogP contribution < -0.4 is 5.32 Å². The molecule has 0 aliphatic heterocycles. The van der Waals surface area contributed by atoms with Crippen LogP contribution in [0.15, 0.2) is 0 Å². The quantitative estimate of drug-likeness (QED) is 0.610. The molecule has 0 saturated carbocycles. The molecule has 0 heterocycles. The van der Waals surface area contributed by atoms with E-state index < -0.39 is 0 Å². The third kappa shape index (κ3) is 4.97. The zero-order valence-corrected chi connectivity index (χ0v) is 10.5. The third-order valence-electron chi connectivity index (χ3n) is 2.82. The van der Waals surface area contributed by atoms with Crippen molar-refractivity contribution in [2.24, 2.45) is 5.92 Å². The molecule has 2 heteroatoms. The molecule has 0 aromatic rings. The van der Waals surface area contributed by atoms with Gasteiger partial charge >= 0.3 is 0 Å². The predicted octanol–water partition coefficient (Wildman–Crippen LogP) is 2.83. The summed E-state index contributed by atoms with van der Waals surface area (Å²) in [4.78, 5) is 0. The molecule has 0 bridgehead atoms. The highest BCUT2D eigenvalue weighted by Gasteiger charge is 2.21. The lowest BCUT2D eigenvalue weighted by atomic mass is 9.95. The van der Waals surface area contributed by atoms with Crippen molar-refractivity contribution in [1.82, 2.24) is 5.32 Å². The Labute approximate surface area is 89.4 Å². The van der Waals surface area contributed by atoms with Crippen LogP contribution >= 0.6 is 0 Å². The Morgan fingerprint density at radius 1 is 1.21 bits per heavy atom. The molecule has 86 valence electrons. The van der Waals surface area contributed by atoms with Crippen molar-refractivity contribution in [2.75, 3.05) is 14.2 Å². The first-order valence-electron chi connectivity index (χ1n) is 5.87. The van der Waals surface area contributed by atoms with E-state index in [1.165, 1.54) is 25.7 Å². The third-order valence-corrected chi connectivity index (χ3v) is 2.82. The van der Waals surface area contributed by atoms with Crippen LogP contribution in [0.25, 0.3) is 0 Å². The molecule has 0 saturated heterocycles. The van der Waals surface area contributed by atoms with E-state index in [-0.39, 0.29) is 0 Å². The Morgan fingerprint density at radius 2 is 1.86 bits per heavy atom. The maximum Gasteiger partial charge on any atom is 0.0746 e. The van der Waals surface area contributed by atoms with Crippen LogP contribution in [0.1, 0.15) is 46.5 Å². The van der Waals surface area contributed by atoms with Gasteiger partial charge in [0.25, 0.3) is 0 Å². The summed E-state index contributed by atoms with van der Waals surface area (Å²) in [7, 11) is 3.85. The zero-order valence-electron chi connectivity index (χ0n) is 10.5. The van der Waals surface area contributed by atoms with Gasteiger partial charge in [0, 0.05) is 13.2 Å². The monoisotopic (exact) mass is 201 g/mol. The highest BCUT2D eigenvalue weighted by Crippen LogP contribution is 2.15. The maximum atomic E-state index is 5.53. The maximum absolute atomic E-state index is 5.53. The van der Waals surface area contributed by atoms with E-state index in [1.807, 2.05) is 14.2 Å². The lowest BCUT2D eigenvalue weighted by molar-refractivity contribution is 0.0322. The second-order valence-corrected chi connectivity index (χ2v) is 4.34. The second-order valence-electron chi connectivity index (χ2n) is 4.34. The number of hydrogen-bond acceptors (Lipinski definition) is 2. The fourth-order valence-electron chi connectivity index (χ4n) is 1.99. The summed E-state index contributed by atoms with van der Waals surface area (Å²) >= 11 is 0. The van der Waals surface area contributed by atoms with E-state index in [4.69, 9.17) is 4.74 Å². The highest BCUT2D eigenvalue weighted by molar-refractivity contribution is 4.78. The first kappa shape index (κ1) is 13.9. The van der Waals surface area contributed by atoms with E-state index in [0.29, 0.717) is 18.1 Å². The normalized spacial score (nSPS) is 15.9. The van der Waals surface area contributed by atoms with Crippen LogP contribution in [0.2, 0.25) is 0 Å². The van der Waals surface area contributed by atoms with Crippen LogP contribution in [0, 0.1) is 5.92 Å². The molecule has 2 atom stereocenters. The smallest absolute Gasteiger partial charge is 0.0746 e. The van der Waals surface area contributed by atoms with Crippen LogP contribution in [0.4, 0.5) is 0 Å². The first-order valence-corrected chi connectivity index (χ1v) is 5.87. The van der Waals surface area contributed by atoms with Gasteiger partial charge in [0.1, 0.15) is 0 Å². The summed E-state index contributed by atoms with van der Waals surface area (Å²) in [5.41, 5.74) is 0. The molecule has 2 nitrogen and oxygen atoms in total. The van der Waals surface area contributed by atoms with Crippen LogP contribution in [0.5, 0.6) is 0 Å². The zero-order chi connectivity index (χ0) is 11.0. The largest absolute Gasteiger partial charge is 0.380 e. The van der Waals surface area contributed by atoms with E-state index in [9.17, 15) is 0 Å². The molecule has 0 fully saturated rings. The van der Waals surface area contributed by atoms with E-state index >= 15 is 0 Å². The molecular weight excluding hydrogens is 174 g/mol. The standard InChI is InChI=1S/C12H27NO/c1-6-7-8-9-11(13-4)12(14-5)10(2)3/h10-13H,6-9H2,1-5H3. The minimum absolute atomic E-state index is 0.344. The summed E-state index contributed by atoms with van der Waals surface area (Å²) in [5, 5.41) is 3.37. The molecule has 14 heavy (non-hydrogen) atoms. The molecule has 2 unspecified atom stereocenters. The molecule has 1 N–H and O–H groups in total. The van der Waals surface area contributed by atoms with Gasteiger partial charge in [0.2, 0.25) is 0 Å². The van der Waals surface area contributed by atoms with Crippen molar-refractivity contribution in [3.63, 3.8) is 0 Å². The highest BCUT2D eigenvalue weighted by atomic mass is 16.5. The topological polar surface area (TPSA) is 21.3 Å². The fraction of sp³-hybridized carbons (Fsp3) is 1.00. The summed E-state index contributed by atoms with van der Waals surface area (Å²) in [6.45, 7) is 6.68. The second kappa shape index (κ2) is 8.25. The molecule has 0 aromatic heterocycles. The molecule has 0 amide bonds. The van der Waals surface area contributed by atoms with Gasteiger partial charge in [0.05, 0.1) is 6.10 Å². The van der Waals surface area contributed by atoms with Crippen LogP contribution in [0.3, 0.4) is 0 Å². The number of rotatable bonds is 8. The summed E-state index contributed by atoms with van der Waals surface area (Å²) in [6, 6.07) is 0.506. The van der Waals surface area contributed by atoms with Gasteiger partial charge in [-0.3, -0.25) is 0 Å². The van der Waals surface area contributed by atoms with E-state index in [2.05, 4.69) is 26.1 Å². The average Bonchev–Trinajstić information content (AvgIpc) is 2.16. The molecule has 0 rings (SSSR count). The van der Waals surface area contributed by atoms with Gasteiger partial charge in [-0.1, -0.05) is 40.0 Å². The minimum atomic E-state index is 0.344. The number of methoxy groups -OCH3 is 1. The molecule has 0 radical (unpaired) electrons. The summed E-state index contributed by atoms with van der Waals surface area (Å²) in [6.07, 6.45) is 5.48. The Morgan fingerprint density at radius 3 is 2.21 bits per heavy atom. The fourth-order valence-corrected chi connectivity index (χ4v) is 1.99. The molecule has 0 spiro atoms. The number of hydrogen-bond donors (Lipinski definition) is 1. The Balaban J connectivity index is 3.95. The lowest BCUT2D eigenvalue weighted by Crippen LogP contribution is -2.41. The minimum Gasteiger partial charge on any atom is -0.380 e. The first-order chi connectivity index (χ1) is 6.67. The van der Waals surface area contributed by atoms with Crippen molar-refractivity contribution in [2.45, 2.75) is 58.6 Å². The van der Waals surface area contributed by atoms with Gasteiger partial charge in [-0.15, -0.1) is 0 Å². The van der Waals surface area contributed by atoms with Crippen molar-refractivity contribution in [3.05, 3.63) is 0 Å². The van der Waals surface area contributed by atoms with Crippen molar-refractivity contribution in [1.29, 1.82) is 0 Å². The average molecular weight is 201 g/mol. The predicted molar refractivity (Wildman–Crippen MR) is 62.6 cm³/mol. The Bertz CT molecular complexity index is 125. The van der Waals surface area contributed by atoms with Crippen molar-refractivity contribution in [3.8, 4) is 0 Å². The Hall–Kier alpha value is -0.0800. The number of nitrogens with one attached hydrogen (secondary N) is 1. The van der Waals surface area contributed by atoms with Crippen LogP contribution in [-0.2, 0) is 4.74 Å². The van der Waals surface area contributed by atoms with E-state index in [1.54, 1.807) is 0 Å². The van der Waals surface area contributed by atoms with Crippen molar-refractivity contribution >= 4 is 0 Å². The molecule has 0 aromatic carbocycles. The van der Waals surface area contributed by atoms with Gasteiger partial charge in [-0.25, -0.2) is 0 Å². The lowest BCUT2D eigenvalue weighted by Gasteiger charge is -2.28. The molecular formula is C12H27NO. The molecule has 0 aliphatic rings. The van der Waals surface area contributed by atoms with Gasteiger partial charge in [-0.2, -0.15) is 0 Å². The van der Waals surface area contributed by atoms with Gasteiger partial charge in [0.15, 0.2) is 0 Å². The SMILES string of the molecule is CCCCCC(NC)C(OC)C(C)C. The number of unbranched alkanes of at least 4 members (excludes halogenated alkanes) is 2. The van der Waals surface area contributed by atoms with E-state index in [0.717, 1.165) is 0 Å². The van der Waals surface area contributed by atoms with Crippen molar-refractivity contribution < 1.29 is 4.74 Å². The van der Waals surface area contributed by atoms with Crippen LogP contribution in [-0.4, -0.2) is 26.3 Å². The molecule has 0 aliphatic carbocycles. The number of ether oxygens (including phenoxy) is 1. The Kier molecular flexibility index (Phi) is 8.20. The van der Waals surface area contributed by atoms with Gasteiger partial charge in [-0.05, 0) is 19.4 Å². The van der Waals surface area contributed by atoms with Gasteiger partial charge < -0.3 is 10.1 Å².